The van der Waals surface area contributed by atoms with Crippen LogP contribution >= 0.6 is 0 Å². The molecule has 0 heterocycles. The smallest absolute Gasteiger partial charge is 0.160 e. The minimum absolute atomic E-state index is 0.0116. The quantitative estimate of drug-likeness (QED) is 0.663. The van der Waals surface area contributed by atoms with Crippen molar-refractivity contribution in [2.24, 2.45) is 0 Å². The normalized spacial score (nSPS) is 12.5. The lowest BCUT2D eigenvalue weighted by Gasteiger charge is -2.14. The average Bonchev–Trinajstić information content (AvgIpc) is 2.20. The van der Waals surface area contributed by atoms with Crippen molar-refractivity contribution in [2.75, 3.05) is 20.8 Å². The highest BCUT2D eigenvalue weighted by molar-refractivity contribution is 5.42. The fourth-order valence-corrected chi connectivity index (χ4v) is 1.29. The van der Waals surface area contributed by atoms with E-state index in [1.54, 1.807) is 25.2 Å². The molecule has 0 saturated heterocycles. The number of hydrogen-bond acceptors (Lipinski definition) is 4. The summed E-state index contributed by atoms with van der Waals surface area (Å²) in [5.74, 6) is 0.514. The molecule has 1 aromatic rings. The number of ether oxygens (including phenoxy) is 1. The lowest BCUT2D eigenvalue weighted by Crippen LogP contribution is -2.19. The number of phenolic OH excluding ortho intramolecular Hbond substituents is 1. The molecule has 0 aliphatic rings. The Morgan fingerprint density at radius 2 is 2.21 bits per heavy atom. The Hall–Kier alpha value is -1.26. The first-order valence-corrected chi connectivity index (χ1v) is 4.38. The summed E-state index contributed by atoms with van der Waals surface area (Å²) in [6.45, 7) is -0.0116. The summed E-state index contributed by atoms with van der Waals surface area (Å²) < 4.78 is 4.91. The summed E-state index contributed by atoms with van der Waals surface area (Å²) >= 11 is 0. The lowest BCUT2D eigenvalue weighted by molar-refractivity contribution is 0.250. The minimum atomic E-state index is -0.160. The van der Waals surface area contributed by atoms with Gasteiger partial charge in [-0.2, -0.15) is 0 Å². The first-order valence-electron chi connectivity index (χ1n) is 4.38. The van der Waals surface area contributed by atoms with Crippen molar-refractivity contribution < 1.29 is 14.9 Å². The topological polar surface area (TPSA) is 61.7 Å². The number of aliphatic hydroxyl groups excluding tert-OH is 1. The van der Waals surface area contributed by atoms with Gasteiger partial charge in [0.1, 0.15) is 0 Å². The van der Waals surface area contributed by atoms with E-state index < -0.39 is 0 Å². The van der Waals surface area contributed by atoms with Crippen molar-refractivity contribution in [2.45, 2.75) is 6.04 Å². The number of aromatic hydroxyl groups is 1. The molecule has 0 aliphatic heterocycles. The van der Waals surface area contributed by atoms with E-state index >= 15 is 0 Å². The molecule has 0 radical (unpaired) electrons. The number of rotatable bonds is 4. The third-order valence-corrected chi connectivity index (χ3v) is 2.14. The summed E-state index contributed by atoms with van der Waals surface area (Å²) in [5, 5.41) is 21.4. The van der Waals surface area contributed by atoms with Crippen LogP contribution in [0.4, 0.5) is 0 Å². The van der Waals surface area contributed by atoms with Crippen LogP contribution in [0.1, 0.15) is 11.6 Å². The number of hydrogen-bond donors (Lipinski definition) is 3. The first-order chi connectivity index (χ1) is 6.72. The summed E-state index contributed by atoms with van der Waals surface area (Å²) in [6, 6.07) is 4.89. The zero-order chi connectivity index (χ0) is 10.6. The molecular weight excluding hydrogens is 182 g/mol. The maximum atomic E-state index is 9.50. The van der Waals surface area contributed by atoms with E-state index in [1.807, 2.05) is 0 Å². The Balaban J connectivity index is 2.95. The van der Waals surface area contributed by atoms with Crippen molar-refractivity contribution in [3.63, 3.8) is 0 Å². The van der Waals surface area contributed by atoms with Gasteiger partial charge in [-0.25, -0.2) is 0 Å². The van der Waals surface area contributed by atoms with Gasteiger partial charge in [0.25, 0.3) is 0 Å². The highest BCUT2D eigenvalue weighted by atomic mass is 16.5. The van der Waals surface area contributed by atoms with Crippen LogP contribution in [0.15, 0.2) is 18.2 Å². The number of aliphatic hydroxyl groups is 1. The van der Waals surface area contributed by atoms with Gasteiger partial charge >= 0.3 is 0 Å². The molecule has 1 rings (SSSR count). The zero-order valence-electron chi connectivity index (χ0n) is 8.32. The molecule has 4 nitrogen and oxygen atoms in total. The largest absolute Gasteiger partial charge is 0.504 e. The fraction of sp³-hybridized carbons (Fsp3) is 0.400. The molecule has 0 aliphatic carbocycles. The Kier molecular flexibility index (Phi) is 3.73. The predicted molar refractivity (Wildman–Crippen MR) is 53.5 cm³/mol. The second kappa shape index (κ2) is 4.83. The fourth-order valence-electron chi connectivity index (χ4n) is 1.29. The van der Waals surface area contributed by atoms with Crippen LogP contribution in [0, 0.1) is 0 Å². The van der Waals surface area contributed by atoms with Crippen LogP contribution < -0.4 is 10.1 Å². The molecule has 3 N–H and O–H groups in total. The van der Waals surface area contributed by atoms with Gasteiger partial charge in [0, 0.05) is 0 Å². The van der Waals surface area contributed by atoms with Gasteiger partial charge in [0.15, 0.2) is 11.5 Å². The number of benzene rings is 1. The van der Waals surface area contributed by atoms with Crippen LogP contribution in [0.5, 0.6) is 11.5 Å². The summed E-state index contributed by atoms with van der Waals surface area (Å²) in [4.78, 5) is 0. The van der Waals surface area contributed by atoms with Crippen LogP contribution in [0.25, 0.3) is 0 Å². The minimum Gasteiger partial charge on any atom is -0.504 e. The molecule has 1 aromatic carbocycles. The molecule has 4 heteroatoms. The van der Waals surface area contributed by atoms with Crippen molar-refractivity contribution in [3.8, 4) is 11.5 Å². The van der Waals surface area contributed by atoms with Gasteiger partial charge in [0.2, 0.25) is 0 Å². The van der Waals surface area contributed by atoms with Crippen LogP contribution in [0.2, 0.25) is 0 Å². The SMILES string of the molecule is CN[C@H](CO)c1ccc(OC)c(O)c1. The van der Waals surface area contributed by atoms with Crippen molar-refractivity contribution in [1.29, 1.82) is 0 Å². The third-order valence-electron chi connectivity index (χ3n) is 2.14. The van der Waals surface area contributed by atoms with E-state index in [1.165, 1.54) is 7.11 Å². The standard InChI is InChI=1S/C10H15NO3/c1-11-8(6-12)7-3-4-10(14-2)9(13)5-7/h3-5,8,11-13H,6H2,1-2H3/t8-/m1/s1. The van der Waals surface area contributed by atoms with E-state index in [-0.39, 0.29) is 18.4 Å². The van der Waals surface area contributed by atoms with Gasteiger partial charge in [-0.1, -0.05) is 6.07 Å². The van der Waals surface area contributed by atoms with Gasteiger partial charge in [0.05, 0.1) is 19.8 Å². The monoisotopic (exact) mass is 197 g/mol. The Bertz CT molecular complexity index is 297. The highest BCUT2D eigenvalue weighted by Gasteiger charge is 2.10. The zero-order valence-corrected chi connectivity index (χ0v) is 8.32. The molecule has 0 aromatic heterocycles. The number of phenols is 1. The van der Waals surface area contributed by atoms with Crippen molar-refractivity contribution >= 4 is 0 Å². The summed E-state index contributed by atoms with van der Waals surface area (Å²) in [6.07, 6.45) is 0. The van der Waals surface area contributed by atoms with Gasteiger partial charge < -0.3 is 20.3 Å². The van der Waals surface area contributed by atoms with Gasteiger partial charge in [-0.3, -0.25) is 0 Å². The Morgan fingerprint density at radius 3 is 2.64 bits per heavy atom. The molecule has 78 valence electrons. The molecule has 14 heavy (non-hydrogen) atoms. The molecule has 1 atom stereocenters. The van der Waals surface area contributed by atoms with E-state index in [0.29, 0.717) is 5.75 Å². The molecular formula is C10H15NO3. The van der Waals surface area contributed by atoms with Gasteiger partial charge in [-0.15, -0.1) is 0 Å². The first kappa shape index (κ1) is 10.8. The molecule has 0 saturated carbocycles. The highest BCUT2D eigenvalue weighted by Crippen LogP contribution is 2.28. The summed E-state index contributed by atoms with van der Waals surface area (Å²) in [5.41, 5.74) is 0.827. The summed E-state index contributed by atoms with van der Waals surface area (Å²) in [7, 11) is 3.25. The Morgan fingerprint density at radius 1 is 1.50 bits per heavy atom. The van der Waals surface area contributed by atoms with E-state index in [2.05, 4.69) is 5.32 Å². The van der Waals surface area contributed by atoms with Crippen LogP contribution in [-0.4, -0.2) is 31.0 Å². The van der Waals surface area contributed by atoms with E-state index in [9.17, 15) is 5.11 Å². The maximum Gasteiger partial charge on any atom is 0.160 e. The molecule has 0 amide bonds. The van der Waals surface area contributed by atoms with Crippen molar-refractivity contribution in [1.82, 2.24) is 5.32 Å². The van der Waals surface area contributed by atoms with Crippen molar-refractivity contribution in [3.05, 3.63) is 23.8 Å². The molecule has 0 unspecified atom stereocenters. The molecule has 0 spiro atoms. The lowest BCUT2D eigenvalue weighted by atomic mass is 10.1. The Labute approximate surface area is 83.1 Å². The second-order valence-corrected chi connectivity index (χ2v) is 2.96. The average molecular weight is 197 g/mol. The maximum absolute atomic E-state index is 9.50. The third kappa shape index (κ3) is 2.16. The number of likely N-dealkylation sites (N-methyl/N-ethyl adjacent to an activating group) is 1. The molecule has 0 bridgehead atoms. The van der Waals surface area contributed by atoms with Crippen LogP contribution in [0.3, 0.4) is 0 Å². The number of nitrogens with one attached hydrogen (secondary N) is 1. The number of methoxy groups -OCH3 is 1. The predicted octanol–water partition coefficient (Wildman–Crippen LogP) is 0.654. The van der Waals surface area contributed by atoms with Crippen LogP contribution in [-0.2, 0) is 0 Å². The van der Waals surface area contributed by atoms with Gasteiger partial charge in [-0.05, 0) is 24.7 Å². The second-order valence-electron chi connectivity index (χ2n) is 2.96. The van der Waals surface area contributed by atoms with E-state index in [4.69, 9.17) is 9.84 Å². The molecule has 0 fully saturated rings. The van der Waals surface area contributed by atoms with E-state index in [0.717, 1.165) is 5.56 Å².